The molecule has 0 spiro atoms. The summed E-state index contributed by atoms with van der Waals surface area (Å²) in [5.41, 5.74) is 3.33. The molecule has 0 bridgehead atoms. The van der Waals surface area contributed by atoms with Crippen LogP contribution in [0.4, 0.5) is 0 Å². The van der Waals surface area contributed by atoms with E-state index in [1.54, 1.807) is 27.7 Å². The number of rotatable bonds is 12. The monoisotopic (exact) mass is 648 g/mol. The molecule has 2 N–H and O–H groups in total. The van der Waals surface area contributed by atoms with Gasteiger partial charge in [-0.05, 0) is 51.0 Å². The molecule has 248 valence electrons. The molecule has 0 atom stereocenters. The van der Waals surface area contributed by atoms with Gasteiger partial charge in [-0.2, -0.15) is 10.2 Å². The second kappa shape index (κ2) is 14.6. The minimum absolute atomic E-state index is 0.154. The van der Waals surface area contributed by atoms with E-state index in [0.717, 1.165) is 44.3 Å². The lowest BCUT2D eigenvalue weighted by atomic mass is 10.1. The van der Waals surface area contributed by atoms with Crippen LogP contribution in [-0.4, -0.2) is 52.9 Å². The number of benzene rings is 4. The molecular weight excluding hydrogens is 608 g/mol. The summed E-state index contributed by atoms with van der Waals surface area (Å²) in [5, 5.41) is 29.6. The van der Waals surface area contributed by atoms with Gasteiger partial charge in [0.2, 0.25) is 0 Å². The molecule has 48 heavy (non-hydrogen) atoms. The van der Waals surface area contributed by atoms with Gasteiger partial charge < -0.3 is 19.7 Å². The predicted octanol–water partition coefficient (Wildman–Crippen LogP) is 6.93. The van der Waals surface area contributed by atoms with Gasteiger partial charge in [0.15, 0.2) is 11.2 Å². The van der Waals surface area contributed by atoms with Gasteiger partial charge in [-0.15, -0.1) is 0 Å². The van der Waals surface area contributed by atoms with Crippen molar-refractivity contribution in [3.63, 3.8) is 0 Å². The smallest absolute Gasteiger partial charge is 0.335 e. The highest BCUT2D eigenvalue weighted by Gasteiger charge is 2.29. The summed E-state index contributed by atoms with van der Waals surface area (Å²) in [7, 11) is 0. The Labute approximate surface area is 279 Å². The normalized spacial score (nSPS) is 11.8. The minimum Gasteiger partial charge on any atom is -0.479 e. The Morgan fingerprint density at radius 3 is 1.25 bits per heavy atom. The molecule has 0 aliphatic heterocycles. The van der Waals surface area contributed by atoms with Gasteiger partial charge in [-0.1, -0.05) is 97.1 Å². The molecule has 2 aromatic heterocycles. The average Bonchev–Trinajstić information content (AvgIpc) is 3.61. The van der Waals surface area contributed by atoms with Crippen molar-refractivity contribution < 1.29 is 29.3 Å². The largest absolute Gasteiger partial charge is 0.479 e. The van der Waals surface area contributed by atoms with Crippen molar-refractivity contribution in [2.45, 2.75) is 65.2 Å². The molecule has 10 heteroatoms. The van der Waals surface area contributed by atoms with Crippen LogP contribution in [0.5, 0.6) is 0 Å². The number of carbonyl (C=O) groups is 2. The van der Waals surface area contributed by atoms with Gasteiger partial charge in [0.05, 0.1) is 48.7 Å². The average molecular weight is 649 g/mol. The molecule has 4 aromatic carbocycles. The highest BCUT2D eigenvalue weighted by Crippen LogP contribution is 2.24. The maximum atomic E-state index is 11.2. The van der Waals surface area contributed by atoms with E-state index in [9.17, 15) is 19.8 Å². The lowest BCUT2D eigenvalue weighted by molar-refractivity contribution is -0.163. The number of aromatic nitrogens is 4. The molecule has 0 radical (unpaired) electrons. The summed E-state index contributed by atoms with van der Waals surface area (Å²) in [6, 6.07) is 36.0. The van der Waals surface area contributed by atoms with E-state index < -0.39 is 23.1 Å². The minimum atomic E-state index is -1.25. The predicted molar refractivity (Wildman–Crippen MR) is 184 cm³/mol. The number of nitrogens with zero attached hydrogens (tertiary/aromatic N) is 4. The molecule has 2 heterocycles. The van der Waals surface area contributed by atoms with E-state index in [4.69, 9.17) is 9.47 Å². The lowest BCUT2D eigenvalue weighted by Crippen LogP contribution is -2.34. The van der Waals surface area contributed by atoms with Crippen molar-refractivity contribution in [1.29, 1.82) is 0 Å². The van der Waals surface area contributed by atoms with Crippen LogP contribution in [0.1, 0.15) is 50.2 Å². The topological polar surface area (TPSA) is 129 Å². The van der Waals surface area contributed by atoms with Crippen molar-refractivity contribution in [2.24, 2.45) is 0 Å². The second-order valence-corrected chi connectivity index (χ2v) is 12.4. The fraction of sp³-hybridized carbons (Fsp3) is 0.263. The Morgan fingerprint density at radius 1 is 0.562 bits per heavy atom. The molecule has 0 aliphatic rings. The molecule has 0 unspecified atom stereocenters. The fourth-order valence-electron chi connectivity index (χ4n) is 4.98. The quantitative estimate of drug-likeness (QED) is 0.146. The summed E-state index contributed by atoms with van der Waals surface area (Å²) in [5.74, 6) is -1.98. The molecule has 0 saturated carbocycles. The number of fused-ring (bicyclic) bond motifs is 2. The number of para-hydroxylation sites is 2. The molecule has 6 rings (SSSR count). The zero-order valence-electron chi connectivity index (χ0n) is 27.5. The molecule has 6 aromatic rings. The van der Waals surface area contributed by atoms with E-state index >= 15 is 0 Å². The third kappa shape index (κ3) is 8.14. The molecule has 10 nitrogen and oxygen atoms in total. The van der Waals surface area contributed by atoms with Crippen LogP contribution in [0.3, 0.4) is 0 Å². The Morgan fingerprint density at radius 2 is 0.896 bits per heavy atom. The van der Waals surface area contributed by atoms with Gasteiger partial charge >= 0.3 is 11.9 Å². The number of carboxylic acid groups (broad SMARTS) is 2. The van der Waals surface area contributed by atoms with E-state index in [0.29, 0.717) is 13.1 Å². The van der Waals surface area contributed by atoms with E-state index in [1.165, 1.54) is 0 Å². The van der Waals surface area contributed by atoms with E-state index in [2.05, 4.69) is 34.5 Å². The van der Waals surface area contributed by atoms with Gasteiger partial charge in [-0.25, -0.2) is 9.59 Å². The Kier molecular flexibility index (Phi) is 10.4. The zero-order chi connectivity index (χ0) is 34.3. The van der Waals surface area contributed by atoms with Crippen LogP contribution in [0.25, 0.3) is 21.8 Å². The van der Waals surface area contributed by atoms with Crippen LogP contribution >= 0.6 is 0 Å². The first-order valence-corrected chi connectivity index (χ1v) is 15.7. The number of carboxylic acids is 2. The van der Waals surface area contributed by atoms with Crippen molar-refractivity contribution in [2.75, 3.05) is 0 Å². The maximum Gasteiger partial charge on any atom is 0.335 e. The van der Waals surface area contributed by atoms with Gasteiger partial charge in [0.25, 0.3) is 0 Å². The van der Waals surface area contributed by atoms with Crippen LogP contribution in [0.2, 0.25) is 0 Å². The lowest BCUT2D eigenvalue weighted by Gasteiger charge is -2.19. The Bertz CT molecular complexity index is 1850. The fourth-order valence-corrected chi connectivity index (χ4v) is 4.98. The Hall–Kier alpha value is -5.32. The number of hydrogen-bond donors (Lipinski definition) is 2. The Balaban J connectivity index is 0.000000188. The SMILES string of the molecule is CC(C)(OCc1nn(Cc2ccccc2)c2ccccc12)C(=O)O.CC(C)(OCc1nn(Cc2ccccc2)c2ccccc12)C(=O)O. The summed E-state index contributed by atoms with van der Waals surface area (Å²) in [4.78, 5) is 22.4. The van der Waals surface area contributed by atoms with Crippen molar-refractivity contribution in [3.05, 3.63) is 132 Å². The van der Waals surface area contributed by atoms with Crippen molar-refractivity contribution in [3.8, 4) is 0 Å². The summed E-state index contributed by atoms with van der Waals surface area (Å²) in [6.07, 6.45) is 0. The highest BCUT2D eigenvalue weighted by atomic mass is 16.5. The van der Waals surface area contributed by atoms with Crippen LogP contribution in [0.15, 0.2) is 109 Å². The van der Waals surface area contributed by atoms with Gasteiger partial charge in [0.1, 0.15) is 0 Å². The maximum absolute atomic E-state index is 11.2. The third-order valence-corrected chi connectivity index (χ3v) is 7.99. The highest BCUT2D eigenvalue weighted by molar-refractivity contribution is 5.83. The summed E-state index contributed by atoms with van der Waals surface area (Å²) in [6.45, 7) is 7.78. The first-order valence-electron chi connectivity index (χ1n) is 15.7. The summed E-state index contributed by atoms with van der Waals surface area (Å²) < 4.78 is 15.0. The van der Waals surface area contributed by atoms with Crippen molar-refractivity contribution >= 4 is 33.7 Å². The molecule has 0 aliphatic carbocycles. The standard InChI is InChI=1S/2C19H20N2O3/c2*1-19(2,18(22)23)24-13-16-15-10-6-7-11-17(15)21(20-16)12-14-8-4-3-5-9-14/h2*3-11H,12-13H2,1-2H3,(H,22,23). The molecule has 0 saturated heterocycles. The van der Waals surface area contributed by atoms with Crippen LogP contribution < -0.4 is 0 Å². The second-order valence-electron chi connectivity index (χ2n) is 12.4. The number of ether oxygens (including phenoxy) is 2. The van der Waals surface area contributed by atoms with E-state index in [1.807, 2.05) is 94.3 Å². The number of hydrogen-bond acceptors (Lipinski definition) is 6. The number of aliphatic carboxylic acids is 2. The molecular formula is C38H40N4O6. The first kappa shape index (κ1) is 34.0. The zero-order valence-corrected chi connectivity index (χ0v) is 27.5. The van der Waals surface area contributed by atoms with Crippen LogP contribution in [-0.2, 0) is 45.4 Å². The summed E-state index contributed by atoms with van der Waals surface area (Å²) >= 11 is 0. The van der Waals surface area contributed by atoms with Gasteiger partial charge in [-0.3, -0.25) is 9.36 Å². The van der Waals surface area contributed by atoms with Crippen LogP contribution in [0, 0.1) is 0 Å². The van der Waals surface area contributed by atoms with Gasteiger partial charge in [0, 0.05) is 10.8 Å². The van der Waals surface area contributed by atoms with E-state index in [-0.39, 0.29) is 13.2 Å². The molecule has 0 amide bonds. The van der Waals surface area contributed by atoms with Crippen molar-refractivity contribution in [1.82, 2.24) is 19.6 Å². The first-order chi connectivity index (χ1) is 22.9. The molecule has 0 fully saturated rings. The third-order valence-electron chi connectivity index (χ3n) is 7.99.